The fraction of sp³-hybridized carbons (Fsp3) is 0.217. The second-order valence-electron chi connectivity index (χ2n) is 7.64. The van der Waals surface area contributed by atoms with Gasteiger partial charge >= 0.3 is 0 Å². The van der Waals surface area contributed by atoms with Gasteiger partial charge in [0.15, 0.2) is 0 Å². The van der Waals surface area contributed by atoms with Crippen LogP contribution >= 0.6 is 11.6 Å². The molecule has 6 nitrogen and oxygen atoms in total. The van der Waals surface area contributed by atoms with E-state index in [2.05, 4.69) is 0 Å². The van der Waals surface area contributed by atoms with Crippen molar-refractivity contribution in [2.75, 3.05) is 22.7 Å². The molecule has 0 heterocycles. The number of benzene rings is 3. The van der Waals surface area contributed by atoms with Crippen LogP contribution in [0.4, 0.5) is 11.4 Å². The molecule has 0 aliphatic carbocycles. The predicted molar refractivity (Wildman–Crippen MR) is 130 cm³/mol. The summed E-state index contributed by atoms with van der Waals surface area (Å²) < 4.78 is 55.4. The van der Waals surface area contributed by atoms with Crippen LogP contribution in [0.25, 0.3) is 0 Å². The molecule has 0 N–H and O–H groups in total. The zero-order valence-electron chi connectivity index (χ0n) is 18.5. The van der Waals surface area contributed by atoms with E-state index in [0.717, 1.165) is 14.2 Å². The van der Waals surface area contributed by atoms with Crippen molar-refractivity contribution in [3.05, 3.63) is 82.4 Å². The lowest BCUT2D eigenvalue weighted by molar-refractivity contribution is 0.591. The standard InChI is InChI=1S/C23H25ClN2O4S2/c1-16-6-12-21(13-7-16)31(27,28)26(5)22-15-23(18(3)14-17(22)2)32(29,30)25(4)20-10-8-19(24)9-11-20/h6-15H,1-5H3. The molecule has 0 aromatic heterocycles. The molecule has 0 saturated heterocycles. The molecule has 0 amide bonds. The third kappa shape index (κ3) is 4.48. The summed E-state index contributed by atoms with van der Waals surface area (Å²) in [5.41, 5.74) is 2.84. The Morgan fingerprint density at radius 1 is 0.688 bits per heavy atom. The summed E-state index contributed by atoms with van der Waals surface area (Å²) in [6.07, 6.45) is 0. The number of halogens is 1. The third-order valence-electron chi connectivity index (χ3n) is 5.34. The molecule has 0 bridgehead atoms. The average molecular weight is 493 g/mol. The lowest BCUT2D eigenvalue weighted by Gasteiger charge is -2.25. The molecule has 0 atom stereocenters. The van der Waals surface area contributed by atoms with E-state index >= 15 is 0 Å². The summed E-state index contributed by atoms with van der Waals surface area (Å²) >= 11 is 5.92. The lowest BCUT2D eigenvalue weighted by atomic mass is 10.1. The van der Waals surface area contributed by atoms with Gasteiger partial charge in [-0.25, -0.2) is 16.8 Å². The molecule has 3 aromatic rings. The van der Waals surface area contributed by atoms with Crippen LogP contribution in [-0.2, 0) is 20.0 Å². The molecule has 0 fully saturated rings. The van der Waals surface area contributed by atoms with Gasteiger partial charge in [-0.05, 0) is 74.4 Å². The van der Waals surface area contributed by atoms with Crippen molar-refractivity contribution >= 4 is 43.0 Å². The van der Waals surface area contributed by atoms with Gasteiger partial charge in [0.25, 0.3) is 20.0 Å². The second kappa shape index (κ2) is 8.77. The Balaban J connectivity index is 2.09. The first kappa shape index (κ1) is 24.1. The van der Waals surface area contributed by atoms with E-state index in [0.29, 0.717) is 27.5 Å². The SMILES string of the molecule is Cc1ccc(S(=O)(=O)N(C)c2cc(S(=O)(=O)N(C)c3ccc(Cl)cc3)c(C)cc2C)cc1. The fourth-order valence-electron chi connectivity index (χ4n) is 3.37. The summed E-state index contributed by atoms with van der Waals surface area (Å²) in [5.74, 6) is 0. The van der Waals surface area contributed by atoms with Gasteiger partial charge in [0.05, 0.1) is 21.2 Å². The second-order valence-corrected chi connectivity index (χ2v) is 12.0. The maximum Gasteiger partial charge on any atom is 0.264 e. The van der Waals surface area contributed by atoms with Crippen molar-refractivity contribution in [1.29, 1.82) is 0 Å². The number of anilines is 2. The van der Waals surface area contributed by atoms with Gasteiger partial charge in [0, 0.05) is 19.1 Å². The summed E-state index contributed by atoms with van der Waals surface area (Å²) in [7, 11) is -4.96. The van der Waals surface area contributed by atoms with Crippen LogP contribution in [0.1, 0.15) is 16.7 Å². The Bertz CT molecular complexity index is 1350. The molecular weight excluding hydrogens is 468 g/mol. The van der Waals surface area contributed by atoms with Crippen molar-refractivity contribution in [2.24, 2.45) is 0 Å². The minimum atomic E-state index is -3.96. The molecule has 32 heavy (non-hydrogen) atoms. The van der Waals surface area contributed by atoms with E-state index in [9.17, 15) is 16.8 Å². The van der Waals surface area contributed by atoms with Gasteiger partial charge in [0.2, 0.25) is 0 Å². The molecule has 0 unspecified atom stereocenters. The number of hydrogen-bond acceptors (Lipinski definition) is 4. The van der Waals surface area contributed by atoms with Crippen molar-refractivity contribution in [3.8, 4) is 0 Å². The normalized spacial score (nSPS) is 11.9. The van der Waals surface area contributed by atoms with E-state index in [1.54, 1.807) is 56.3 Å². The van der Waals surface area contributed by atoms with Crippen LogP contribution in [0.2, 0.25) is 5.02 Å². The highest BCUT2D eigenvalue weighted by atomic mass is 35.5. The molecular formula is C23H25ClN2O4S2. The monoisotopic (exact) mass is 492 g/mol. The first-order valence-corrected chi connectivity index (χ1v) is 13.0. The smallest absolute Gasteiger partial charge is 0.264 e. The van der Waals surface area contributed by atoms with E-state index in [-0.39, 0.29) is 9.79 Å². The molecule has 0 aliphatic rings. The molecule has 9 heteroatoms. The first-order valence-electron chi connectivity index (χ1n) is 9.77. The summed E-state index contributed by atoms with van der Waals surface area (Å²) in [4.78, 5) is 0.162. The third-order valence-corrected chi connectivity index (χ3v) is 9.31. The van der Waals surface area contributed by atoms with Gasteiger partial charge in [-0.15, -0.1) is 0 Å². The van der Waals surface area contributed by atoms with Crippen molar-refractivity contribution in [2.45, 2.75) is 30.6 Å². The molecule has 3 aromatic carbocycles. The van der Waals surface area contributed by atoms with Crippen molar-refractivity contribution in [1.82, 2.24) is 0 Å². The van der Waals surface area contributed by atoms with Crippen LogP contribution in [0.15, 0.2) is 70.5 Å². The quantitative estimate of drug-likeness (QED) is 0.489. The van der Waals surface area contributed by atoms with Gasteiger partial charge in [0.1, 0.15) is 0 Å². The molecule has 170 valence electrons. The highest BCUT2D eigenvalue weighted by molar-refractivity contribution is 7.93. The Kier molecular flexibility index (Phi) is 6.60. The molecule has 0 aliphatic heterocycles. The number of rotatable bonds is 6. The van der Waals surface area contributed by atoms with Crippen LogP contribution in [0.3, 0.4) is 0 Å². The topological polar surface area (TPSA) is 74.8 Å². The van der Waals surface area contributed by atoms with Gasteiger partial charge in [-0.1, -0.05) is 35.4 Å². The fourth-order valence-corrected chi connectivity index (χ4v) is 6.17. The summed E-state index contributed by atoms with van der Waals surface area (Å²) in [6, 6.07) is 16.1. The van der Waals surface area contributed by atoms with Crippen molar-refractivity contribution in [3.63, 3.8) is 0 Å². The zero-order valence-corrected chi connectivity index (χ0v) is 20.9. The first-order chi connectivity index (χ1) is 14.9. The van der Waals surface area contributed by atoms with E-state index in [4.69, 9.17) is 11.6 Å². The van der Waals surface area contributed by atoms with Gasteiger partial charge in [-0.2, -0.15) is 0 Å². The Morgan fingerprint density at radius 2 is 1.25 bits per heavy atom. The molecule has 0 saturated carbocycles. The molecule has 3 rings (SSSR count). The number of nitrogens with zero attached hydrogens (tertiary/aromatic N) is 2. The van der Waals surface area contributed by atoms with Crippen LogP contribution in [-0.4, -0.2) is 30.9 Å². The number of aryl methyl sites for hydroxylation is 3. The Labute approximate surface area is 195 Å². The van der Waals surface area contributed by atoms with Crippen LogP contribution < -0.4 is 8.61 Å². The highest BCUT2D eigenvalue weighted by Gasteiger charge is 2.28. The van der Waals surface area contributed by atoms with Crippen LogP contribution in [0, 0.1) is 20.8 Å². The summed E-state index contributed by atoms with van der Waals surface area (Å²) in [6.45, 7) is 5.31. The summed E-state index contributed by atoms with van der Waals surface area (Å²) in [5, 5.41) is 0.497. The minimum Gasteiger partial charge on any atom is -0.269 e. The van der Waals surface area contributed by atoms with E-state index in [1.165, 1.54) is 32.3 Å². The highest BCUT2D eigenvalue weighted by Crippen LogP contribution is 2.33. The number of hydrogen-bond donors (Lipinski definition) is 0. The largest absolute Gasteiger partial charge is 0.269 e. The van der Waals surface area contributed by atoms with Gasteiger partial charge in [-0.3, -0.25) is 8.61 Å². The molecule has 0 radical (unpaired) electrons. The Morgan fingerprint density at radius 3 is 1.81 bits per heavy atom. The van der Waals surface area contributed by atoms with E-state index < -0.39 is 20.0 Å². The van der Waals surface area contributed by atoms with Crippen molar-refractivity contribution < 1.29 is 16.8 Å². The zero-order chi connectivity index (χ0) is 23.8. The maximum atomic E-state index is 13.4. The van der Waals surface area contributed by atoms with Gasteiger partial charge < -0.3 is 0 Å². The van der Waals surface area contributed by atoms with E-state index in [1.807, 2.05) is 6.92 Å². The maximum absolute atomic E-state index is 13.4. The Hall–Kier alpha value is -2.55. The molecule has 0 spiro atoms. The predicted octanol–water partition coefficient (Wildman–Crippen LogP) is 4.92. The average Bonchev–Trinajstić information content (AvgIpc) is 2.73. The number of sulfonamides is 2. The minimum absolute atomic E-state index is 0.0292. The van der Waals surface area contributed by atoms with Crippen LogP contribution in [0.5, 0.6) is 0 Å². The lowest BCUT2D eigenvalue weighted by Crippen LogP contribution is -2.29.